The molecule has 0 aliphatic carbocycles. The Labute approximate surface area is 166 Å². The van der Waals surface area contributed by atoms with Gasteiger partial charge in [-0.3, -0.25) is 9.69 Å². The van der Waals surface area contributed by atoms with E-state index in [1.807, 2.05) is 12.1 Å². The van der Waals surface area contributed by atoms with E-state index < -0.39 is 0 Å². The summed E-state index contributed by atoms with van der Waals surface area (Å²) in [5, 5.41) is 0. The van der Waals surface area contributed by atoms with Crippen LogP contribution < -0.4 is 4.74 Å². The maximum atomic E-state index is 13.7. The largest absolute Gasteiger partial charge is 0.492 e. The van der Waals surface area contributed by atoms with Gasteiger partial charge in [0, 0.05) is 24.9 Å². The van der Waals surface area contributed by atoms with Gasteiger partial charge in [0.15, 0.2) is 0 Å². The van der Waals surface area contributed by atoms with Crippen LogP contribution in [0.25, 0.3) is 0 Å². The number of para-hydroxylation sites is 1. The monoisotopic (exact) mass is 374 g/mol. The molecule has 28 heavy (non-hydrogen) atoms. The number of hydrogen-bond acceptors (Lipinski definition) is 3. The lowest BCUT2D eigenvalue weighted by Gasteiger charge is -2.51. The van der Waals surface area contributed by atoms with Crippen LogP contribution >= 0.6 is 0 Å². The van der Waals surface area contributed by atoms with Crippen LogP contribution in [0.5, 0.6) is 5.75 Å². The third-order valence-corrected chi connectivity index (χ3v) is 7.43. The van der Waals surface area contributed by atoms with Crippen molar-refractivity contribution < 1.29 is 9.53 Å². The van der Waals surface area contributed by atoms with Crippen molar-refractivity contribution in [1.82, 2.24) is 9.80 Å². The van der Waals surface area contributed by atoms with Gasteiger partial charge in [-0.1, -0.05) is 42.5 Å². The van der Waals surface area contributed by atoms with Crippen LogP contribution in [-0.4, -0.2) is 54.0 Å². The molecule has 4 fully saturated rings. The number of hydrogen-bond donors (Lipinski definition) is 0. The zero-order valence-electron chi connectivity index (χ0n) is 16.1. The van der Waals surface area contributed by atoms with Crippen LogP contribution in [0.2, 0.25) is 0 Å². The van der Waals surface area contributed by atoms with Gasteiger partial charge >= 0.3 is 0 Å². The van der Waals surface area contributed by atoms with Crippen LogP contribution in [0.3, 0.4) is 0 Å². The second kappa shape index (κ2) is 6.35. The summed E-state index contributed by atoms with van der Waals surface area (Å²) in [4.78, 5) is 18.6. The molecule has 5 heterocycles. The average Bonchev–Trinajstić information content (AvgIpc) is 3.41. The molecule has 5 aliphatic rings. The van der Waals surface area contributed by atoms with Crippen molar-refractivity contribution >= 4 is 5.91 Å². The van der Waals surface area contributed by atoms with Gasteiger partial charge in [0.25, 0.3) is 5.91 Å². The summed E-state index contributed by atoms with van der Waals surface area (Å²) in [7, 11) is 0. The zero-order valence-corrected chi connectivity index (χ0v) is 16.1. The molecular formula is C24H26N2O2. The quantitative estimate of drug-likeness (QED) is 0.808. The minimum absolute atomic E-state index is 0.168. The van der Waals surface area contributed by atoms with E-state index in [1.54, 1.807) is 0 Å². The van der Waals surface area contributed by atoms with E-state index in [2.05, 4.69) is 46.2 Å². The first-order chi connectivity index (χ1) is 13.8. The first-order valence-corrected chi connectivity index (χ1v) is 10.7. The Balaban J connectivity index is 1.40. The fourth-order valence-electron chi connectivity index (χ4n) is 6.19. The number of ether oxygens (including phenoxy) is 1. The van der Waals surface area contributed by atoms with Gasteiger partial charge in [-0.25, -0.2) is 0 Å². The van der Waals surface area contributed by atoms with Crippen molar-refractivity contribution in [2.24, 2.45) is 5.92 Å². The van der Waals surface area contributed by atoms with Crippen LogP contribution in [0.15, 0.2) is 48.5 Å². The number of carbonyl (C=O) groups excluding carboxylic acids is 1. The predicted molar refractivity (Wildman–Crippen MR) is 108 cm³/mol. The van der Waals surface area contributed by atoms with Gasteiger partial charge < -0.3 is 9.64 Å². The van der Waals surface area contributed by atoms with E-state index in [-0.39, 0.29) is 5.91 Å². The molecule has 1 amide bonds. The first-order valence-electron chi connectivity index (χ1n) is 10.7. The molecule has 3 atom stereocenters. The van der Waals surface area contributed by atoms with Crippen molar-refractivity contribution in [3.05, 3.63) is 65.2 Å². The number of likely N-dealkylation sites (tertiary alicyclic amines) is 1. The second-order valence-corrected chi connectivity index (χ2v) is 8.72. The van der Waals surface area contributed by atoms with Crippen molar-refractivity contribution in [2.75, 3.05) is 26.2 Å². The normalized spacial score (nSPS) is 32.7. The number of piperidine rings is 3. The number of carbonyl (C=O) groups is 1. The summed E-state index contributed by atoms with van der Waals surface area (Å²) >= 11 is 0. The molecule has 0 saturated carbocycles. The Hall–Kier alpha value is -2.33. The molecule has 4 nitrogen and oxygen atoms in total. The third kappa shape index (κ3) is 2.37. The number of amides is 1. The van der Waals surface area contributed by atoms with E-state index in [0.29, 0.717) is 30.5 Å². The van der Waals surface area contributed by atoms with Gasteiger partial charge in [0.05, 0.1) is 18.2 Å². The number of nitrogens with zero attached hydrogens (tertiary/aromatic N) is 2. The molecule has 2 bridgehead atoms. The van der Waals surface area contributed by atoms with Crippen molar-refractivity contribution in [2.45, 2.75) is 37.3 Å². The summed E-state index contributed by atoms with van der Waals surface area (Å²) in [6.07, 6.45) is 3.34. The number of benzene rings is 2. The summed E-state index contributed by atoms with van der Waals surface area (Å²) in [6, 6.07) is 17.7. The SMILES string of the molecule is O=C(c1cccc2c1OCC2)N1C[C@@H](c2ccccc2)[C@@H]2[C@H]1C1CCN2CC1. The predicted octanol–water partition coefficient (Wildman–Crippen LogP) is 3.32. The lowest BCUT2D eigenvalue weighted by atomic mass is 9.75. The van der Waals surface area contributed by atoms with Gasteiger partial charge in [-0.15, -0.1) is 0 Å². The summed E-state index contributed by atoms with van der Waals surface area (Å²) in [6.45, 7) is 3.87. The molecule has 0 N–H and O–H groups in total. The summed E-state index contributed by atoms with van der Waals surface area (Å²) in [5.41, 5.74) is 3.31. The minimum Gasteiger partial charge on any atom is -0.492 e. The van der Waals surface area contributed by atoms with Gasteiger partial charge in [0.1, 0.15) is 5.75 Å². The highest BCUT2D eigenvalue weighted by Gasteiger charge is 2.54. The van der Waals surface area contributed by atoms with Gasteiger partial charge in [-0.2, -0.15) is 0 Å². The van der Waals surface area contributed by atoms with E-state index in [4.69, 9.17) is 4.74 Å². The van der Waals surface area contributed by atoms with E-state index in [0.717, 1.165) is 24.3 Å². The summed E-state index contributed by atoms with van der Waals surface area (Å²) in [5.74, 6) is 2.02. The molecule has 0 spiro atoms. The Morgan fingerprint density at radius 2 is 1.79 bits per heavy atom. The van der Waals surface area contributed by atoms with Crippen LogP contribution in [-0.2, 0) is 6.42 Å². The highest BCUT2D eigenvalue weighted by Crippen LogP contribution is 2.47. The summed E-state index contributed by atoms with van der Waals surface area (Å²) < 4.78 is 5.86. The Bertz CT molecular complexity index is 904. The van der Waals surface area contributed by atoms with E-state index in [1.165, 1.54) is 37.1 Å². The molecular weight excluding hydrogens is 348 g/mol. The van der Waals surface area contributed by atoms with Crippen molar-refractivity contribution in [1.29, 1.82) is 0 Å². The fourth-order valence-corrected chi connectivity index (χ4v) is 6.19. The molecule has 0 aromatic heterocycles. The molecule has 4 heteroatoms. The van der Waals surface area contributed by atoms with E-state index >= 15 is 0 Å². The smallest absolute Gasteiger partial charge is 0.257 e. The minimum atomic E-state index is 0.168. The van der Waals surface area contributed by atoms with Crippen molar-refractivity contribution in [3.63, 3.8) is 0 Å². The lowest BCUT2D eigenvalue weighted by Crippen LogP contribution is -2.60. The second-order valence-electron chi connectivity index (χ2n) is 8.72. The fraction of sp³-hybridized carbons (Fsp3) is 0.458. The first kappa shape index (κ1) is 16.6. The number of fused-ring (bicyclic) bond motifs is 3. The van der Waals surface area contributed by atoms with Crippen LogP contribution in [0.1, 0.15) is 40.2 Å². The standard InChI is InChI=1S/C24H26N2O2/c27-24(19-8-4-7-18-11-14-28-23(18)19)26-15-20(16-5-2-1-3-6-16)22-21(26)17-9-12-25(22)13-10-17/h1-8,17,20-22H,9-15H2/t20-,21+,22+/m0/s1. The molecule has 4 saturated heterocycles. The van der Waals surface area contributed by atoms with Crippen LogP contribution in [0.4, 0.5) is 0 Å². The molecule has 2 aromatic carbocycles. The Morgan fingerprint density at radius 3 is 2.61 bits per heavy atom. The molecule has 5 aliphatic heterocycles. The molecule has 2 aromatic rings. The molecule has 0 radical (unpaired) electrons. The van der Waals surface area contributed by atoms with Gasteiger partial charge in [-0.05, 0) is 49.0 Å². The maximum Gasteiger partial charge on any atom is 0.257 e. The van der Waals surface area contributed by atoms with Crippen molar-refractivity contribution in [3.8, 4) is 5.75 Å². The molecule has 144 valence electrons. The van der Waals surface area contributed by atoms with Gasteiger partial charge in [0.2, 0.25) is 0 Å². The number of rotatable bonds is 2. The zero-order chi connectivity index (χ0) is 18.7. The highest BCUT2D eigenvalue weighted by molar-refractivity contribution is 5.98. The molecule has 0 unspecified atom stereocenters. The maximum absolute atomic E-state index is 13.7. The molecule has 7 rings (SSSR count). The lowest BCUT2D eigenvalue weighted by molar-refractivity contribution is -0.00348. The van der Waals surface area contributed by atoms with E-state index in [9.17, 15) is 4.79 Å². The topological polar surface area (TPSA) is 32.8 Å². The Kier molecular flexibility index (Phi) is 3.76. The average molecular weight is 374 g/mol. The third-order valence-electron chi connectivity index (χ3n) is 7.43. The highest BCUT2D eigenvalue weighted by atomic mass is 16.5. The van der Waals surface area contributed by atoms with Crippen LogP contribution in [0, 0.1) is 5.92 Å². The Morgan fingerprint density at radius 1 is 0.964 bits per heavy atom.